The molecule has 2 rings (SSSR count). The molecular weight excluding hydrogens is 312 g/mol. The Kier molecular flexibility index (Phi) is 5.62. The minimum atomic E-state index is -0.304. The Hall–Kier alpha value is -3.22. The van der Waals surface area contributed by atoms with Crippen LogP contribution < -0.4 is 14.9 Å². The summed E-state index contributed by atoms with van der Waals surface area (Å²) in [4.78, 5) is 11.9. The summed E-state index contributed by atoms with van der Waals surface area (Å²) in [7, 11) is 3.07. The summed E-state index contributed by atoms with van der Waals surface area (Å²) in [6.07, 6.45) is 1.49. The molecule has 0 aliphatic heterocycles. The first-order chi connectivity index (χ1) is 11.5. The molecule has 0 atom stereocenters. The van der Waals surface area contributed by atoms with Crippen LogP contribution in [0, 0.1) is 0 Å². The van der Waals surface area contributed by atoms with Gasteiger partial charge in [0.2, 0.25) is 5.91 Å². The summed E-state index contributed by atoms with van der Waals surface area (Å²) < 4.78 is 10.3. The lowest BCUT2D eigenvalue weighted by atomic mass is 10.1. The average molecular weight is 330 g/mol. The maximum Gasteiger partial charge on any atom is 0.244 e. The van der Waals surface area contributed by atoms with Gasteiger partial charge in [-0.2, -0.15) is 5.10 Å². The van der Waals surface area contributed by atoms with Gasteiger partial charge in [0.1, 0.15) is 0 Å². The molecule has 0 radical (unpaired) electrons. The van der Waals surface area contributed by atoms with Crippen LogP contribution in [0.3, 0.4) is 0 Å². The highest BCUT2D eigenvalue weighted by Gasteiger charge is 2.08. The van der Waals surface area contributed by atoms with Crippen molar-refractivity contribution in [2.24, 2.45) is 5.10 Å². The van der Waals surface area contributed by atoms with E-state index in [0.717, 1.165) is 5.56 Å². The van der Waals surface area contributed by atoms with Gasteiger partial charge in [-0.25, -0.2) is 5.43 Å². The SMILES string of the molecule is COc1ccc(CC(=O)N/N=C\c2ccc(O)c(O)c2)cc1OC. The summed E-state index contributed by atoms with van der Waals surface area (Å²) >= 11 is 0. The summed E-state index contributed by atoms with van der Waals surface area (Å²) in [5.41, 5.74) is 3.69. The molecule has 0 saturated carbocycles. The number of hydrogen-bond donors (Lipinski definition) is 3. The Bertz CT molecular complexity index is 759. The van der Waals surface area contributed by atoms with Gasteiger partial charge in [-0.15, -0.1) is 0 Å². The van der Waals surface area contributed by atoms with Gasteiger partial charge < -0.3 is 19.7 Å². The monoisotopic (exact) mass is 330 g/mol. The number of methoxy groups -OCH3 is 2. The number of carbonyl (C=O) groups excluding carboxylic acids is 1. The third kappa shape index (κ3) is 4.39. The predicted molar refractivity (Wildman–Crippen MR) is 88.8 cm³/mol. The maximum atomic E-state index is 11.9. The molecule has 7 heteroatoms. The van der Waals surface area contributed by atoms with Crippen molar-refractivity contribution in [3.63, 3.8) is 0 Å². The van der Waals surface area contributed by atoms with E-state index < -0.39 is 0 Å². The summed E-state index contributed by atoms with van der Waals surface area (Å²) in [6.45, 7) is 0. The van der Waals surface area contributed by atoms with E-state index in [1.807, 2.05) is 0 Å². The van der Waals surface area contributed by atoms with Crippen molar-refractivity contribution in [1.82, 2.24) is 5.43 Å². The Balaban J connectivity index is 1.95. The molecule has 7 nitrogen and oxygen atoms in total. The second-order valence-electron chi connectivity index (χ2n) is 4.91. The molecule has 0 aliphatic carbocycles. The zero-order chi connectivity index (χ0) is 17.5. The fraction of sp³-hybridized carbons (Fsp3) is 0.176. The molecule has 0 aromatic heterocycles. The summed E-state index contributed by atoms with van der Waals surface area (Å²) in [6, 6.07) is 9.44. The first-order valence-corrected chi connectivity index (χ1v) is 7.08. The van der Waals surface area contributed by atoms with E-state index >= 15 is 0 Å². The molecule has 0 aliphatic rings. The van der Waals surface area contributed by atoms with Gasteiger partial charge in [-0.05, 0) is 41.5 Å². The molecule has 0 fully saturated rings. The van der Waals surface area contributed by atoms with Crippen LogP contribution in [-0.4, -0.2) is 36.6 Å². The number of rotatable bonds is 6. The predicted octanol–water partition coefficient (Wildman–Crippen LogP) is 1.81. The van der Waals surface area contributed by atoms with Gasteiger partial charge in [0, 0.05) is 0 Å². The maximum absolute atomic E-state index is 11.9. The molecule has 24 heavy (non-hydrogen) atoms. The topological polar surface area (TPSA) is 100 Å². The smallest absolute Gasteiger partial charge is 0.244 e. The Morgan fingerprint density at radius 3 is 2.50 bits per heavy atom. The number of aromatic hydroxyl groups is 2. The lowest BCUT2D eigenvalue weighted by Gasteiger charge is -2.09. The van der Waals surface area contributed by atoms with Crippen LogP contribution in [0.1, 0.15) is 11.1 Å². The molecule has 0 heterocycles. The van der Waals surface area contributed by atoms with Crippen LogP contribution in [0.15, 0.2) is 41.5 Å². The zero-order valence-corrected chi connectivity index (χ0v) is 13.3. The van der Waals surface area contributed by atoms with Crippen LogP contribution in [0.25, 0.3) is 0 Å². The summed E-state index contributed by atoms with van der Waals surface area (Å²) in [5, 5.41) is 22.4. The van der Waals surface area contributed by atoms with Crippen molar-refractivity contribution < 1.29 is 24.5 Å². The Morgan fingerprint density at radius 1 is 1.08 bits per heavy atom. The minimum absolute atomic E-state index is 0.124. The molecule has 0 spiro atoms. The lowest BCUT2D eigenvalue weighted by Crippen LogP contribution is -2.19. The fourth-order valence-electron chi connectivity index (χ4n) is 2.02. The van der Waals surface area contributed by atoms with Gasteiger partial charge in [0.05, 0.1) is 26.9 Å². The largest absolute Gasteiger partial charge is 0.504 e. The number of amides is 1. The van der Waals surface area contributed by atoms with E-state index in [1.165, 1.54) is 25.5 Å². The number of carbonyl (C=O) groups is 1. The van der Waals surface area contributed by atoms with Gasteiger partial charge in [0.25, 0.3) is 0 Å². The second-order valence-corrected chi connectivity index (χ2v) is 4.91. The molecule has 0 unspecified atom stereocenters. The van der Waals surface area contributed by atoms with Gasteiger partial charge in [-0.3, -0.25) is 4.79 Å². The van der Waals surface area contributed by atoms with Crippen molar-refractivity contribution in [2.75, 3.05) is 14.2 Å². The molecule has 126 valence electrons. The first kappa shape index (κ1) is 17.1. The highest BCUT2D eigenvalue weighted by atomic mass is 16.5. The molecular formula is C17H18N2O5. The number of hydrazone groups is 1. The zero-order valence-electron chi connectivity index (χ0n) is 13.3. The molecule has 2 aromatic rings. The van der Waals surface area contributed by atoms with Crippen LogP contribution >= 0.6 is 0 Å². The second kappa shape index (κ2) is 7.87. The first-order valence-electron chi connectivity index (χ1n) is 7.08. The highest BCUT2D eigenvalue weighted by molar-refractivity contribution is 5.84. The lowest BCUT2D eigenvalue weighted by molar-refractivity contribution is -0.120. The van der Waals surface area contributed by atoms with Crippen LogP contribution in [0.4, 0.5) is 0 Å². The number of nitrogens with zero attached hydrogens (tertiary/aromatic N) is 1. The standard InChI is InChI=1S/C17H18N2O5/c1-23-15-6-4-11(8-16(15)24-2)9-17(22)19-18-10-12-3-5-13(20)14(21)7-12/h3-8,10,20-21H,9H2,1-2H3,(H,19,22)/b18-10-. The van der Waals surface area contributed by atoms with Gasteiger partial charge >= 0.3 is 0 Å². The van der Waals surface area contributed by atoms with E-state index in [0.29, 0.717) is 17.1 Å². The van der Waals surface area contributed by atoms with Crippen molar-refractivity contribution in [3.05, 3.63) is 47.5 Å². The van der Waals surface area contributed by atoms with E-state index in [-0.39, 0.29) is 23.8 Å². The molecule has 0 saturated heterocycles. The minimum Gasteiger partial charge on any atom is -0.504 e. The van der Waals surface area contributed by atoms with Gasteiger partial charge in [-0.1, -0.05) is 6.07 Å². The third-order valence-electron chi connectivity index (χ3n) is 3.21. The Labute approximate surface area is 139 Å². The van der Waals surface area contributed by atoms with Crippen molar-refractivity contribution in [2.45, 2.75) is 6.42 Å². The van der Waals surface area contributed by atoms with Crippen molar-refractivity contribution in [1.29, 1.82) is 0 Å². The highest BCUT2D eigenvalue weighted by Crippen LogP contribution is 2.27. The molecule has 2 aromatic carbocycles. The Morgan fingerprint density at radius 2 is 1.83 bits per heavy atom. The fourth-order valence-corrected chi connectivity index (χ4v) is 2.02. The van der Waals surface area contributed by atoms with Crippen LogP contribution in [0.2, 0.25) is 0 Å². The number of phenols is 2. The molecule has 1 amide bonds. The van der Waals surface area contributed by atoms with Crippen molar-refractivity contribution in [3.8, 4) is 23.0 Å². The van der Waals surface area contributed by atoms with Crippen LogP contribution in [-0.2, 0) is 11.2 Å². The normalized spacial score (nSPS) is 10.6. The van der Waals surface area contributed by atoms with E-state index in [2.05, 4.69) is 10.5 Å². The van der Waals surface area contributed by atoms with E-state index in [4.69, 9.17) is 9.47 Å². The summed E-state index contributed by atoms with van der Waals surface area (Å²) in [5.74, 6) is 0.361. The van der Waals surface area contributed by atoms with Crippen molar-refractivity contribution >= 4 is 12.1 Å². The average Bonchev–Trinajstić information content (AvgIpc) is 2.58. The van der Waals surface area contributed by atoms with E-state index in [1.54, 1.807) is 31.4 Å². The van der Waals surface area contributed by atoms with E-state index in [9.17, 15) is 15.0 Å². The van der Waals surface area contributed by atoms with Crippen LogP contribution in [0.5, 0.6) is 23.0 Å². The molecule has 0 bridgehead atoms. The number of hydrogen-bond acceptors (Lipinski definition) is 6. The third-order valence-corrected chi connectivity index (χ3v) is 3.21. The van der Waals surface area contributed by atoms with Gasteiger partial charge in [0.15, 0.2) is 23.0 Å². The number of ether oxygens (including phenoxy) is 2. The molecule has 3 N–H and O–H groups in total. The number of phenolic OH excluding ortho intramolecular Hbond substituents is 2. The number of benzene rings is 2. The quantitative estimate of drug-likeness (QED) is 0.426. The number of nitrogens with one attached hydrogen (secondary N) is 1.